The number of hydrogen-bond acceptors (Lipinski definition) is 4. The molecule has 1 unspecified atom stereocenters. The van der Waals surface area contributed by atoms with Gasteiger partial charge in [0.25, 0.3) is 5.91 Å². The fraction of sp³-hybridized carbons (Fsp3) is 0.316. The molecule has 0 saturated heterocycles. The van der Waals surface area contributed by atoms with Gasteiger partial charge in [0.2, 0.25) is 5.88 Å². The van der Waals surface area contributed by atoms with Gasteiger partial charge in [-0.1, -0.05) is 37.3 Å². The van der Waals surface area contributed by atoms with Crippen molar-refractivity contribution in [3.05, 3.63) is 59.8 Å². The summed E-state index contributed by atoms with van der Waals surface area (Å²) in [4.78, 5) is 28.6. The first-order valence-corrected chi connectivity index (χ1v) is 8.13. The van der Waals surface area contributed by atoms with Gasteiger partial charge < -0.3 is 15.2 Å². The Balaban J connectivity index is 2.27. The summed E-state index contributed by atoms with van der Waals surface area (Å²) in [6.45, 7) is 5.48. The molecule has 1 aromatic heterocycles. The van der Waals surface area contributed by atoms with E-state index in [0.29, 0.717) is 11.4 Å². The minimum Gasteiger partial charge on any atom is -0.479 e. The number of amides is 1. The van der Waals surface area contributed by atoms with E-state index in [9.17, 15) is 14.7 Å². The van der Waals surface area contributed by atoms with Crippen LogP contribution in [0.5, 0.6) is 5.88 Å². The molecule has 2 N–H and O–H groups in total. The average Bonchev–Trinajstić information content (AvgIpc) is 2.60. The molecule has 1 heterocycles. The van der Waals surface area contributed by atoms with Crippen LogP contribution in [0.2, 0.25) is 0 Å². The van der Waals surface area contributed by atoms with E-state index >= 15 is 0 Å². The summed E-state index contributed by atoms with van der Waals surface area (Å²) in [7, 11) is 0. The zero-order valence-electron chi connectivity index (χ0n) is 14.5. The van der Waals surface area contributed by atoms with Crippen molar-refractivity contribution >= 4 is 11.9 Å². The van der Waals surface area contributed by atoms with Crippen LogP contribution in [0.1, 0.15) is 43.1 Å². The van der Waals surface area contributed by atoms with Gasteiger partial charge in [-0.3, -0.25) is 4.79 Å². The molecule has 132 valence electrons. The van der Waals surface area contributed by atoms with Crippen molar-refractivity contribution in [3.8, 4) is 5.88 Å². The van der Waals surface area contributed by atoms with E-state index in [0.717, 1.165) is 0 Å². The topological polar surface area (TPSA) is 88.5 Å². The summed E-state index contributed by atoms with van der Waals surface area (Å²) in [5.41, 5.74) is -0.706. The van der Waals surface area contributed by atoms with Crippen molar-refractivity contribution in [1.29, 1.82) is 0 Å². The van der Waals surface area contributed by atoms with Gasteiger partial charge in [0.1, 0.15) is 0 Å². The number of aromatic nitrogens is 1. The second-order valence-electron chi connectivity index (χ2n) is 5.94. The Morgan fingerprint density at radius 2 is 1.88 bits per heavy atom. The highest BCUT2D eigenvalue weighted by atomic mass is 16.5. The third kappa shape index (κ3) is 4.15. The summed E-state index contributed by atoms with van der Waals surface area (Å²) in [5.74, 6) is -1.20. The number of nitrogens with one attached hydrogen (secondary N) is 1. The van der Waals surface area contributed by atoms with E-state index in [1.807, 2.05) is 13.8 Å². The van der Waals surface area contributed by atoms with E-state index in [4.69, 9.17) is 4.74 Å². The number of nitrogens with zero attached hydrogens (tertiary/aromatic N) is 1. The molecule has 1 aromatic carbocycles. The first kappa shape index (κ1) is 18.4. The lowest BCUT2D eigenvalue weighted by Crippen LogP contribution is -2.51. The Morgan fingerprint density at radius 3 is 2.36 bits per heavy atom. The number of carbonyl (C=O) groups excluding carboxylic acids is 1. The van der Waals surface area contributed by atoms with Crippen LogP contribution in [-0.2, 0) is 10.3 Å². The molecule has 0 bridgehead atoms. The molecule has 0 saturated carbocycles. The van der Waals surface area contributed by atoms with Gasteiger partial charge in [-0.25, -0.2) is 9.78 Å². The number of carboxylic acids is 1. The molecule has 2 rings (SSSR count). The fourth-order valence-corrected chi connectivity index (χ4v) is 2.51. The van der Waals surface area contributed by atoms with E-state index < -0.39 is 17.4 Å². The number of carbonyl (C=O) groups is 2. The van der Waals surface area contributed by atoms with Gasteiger partial charge in [0.05, 0.1) is 11.7 Å². The number of benzene rings is 1. The molecule has 2 aromatic rings. The third-order valence-electron chi connectivity index (χ3n) is 3.84. The van der Waals surface area contributed by atoms with E-state index in [1.54, 1.807) is 49.4 Å². The zero-order valence-corrected chi connectivity index (χ0v) is 14.5. The minimum absolute atomic E-state index is 0.0231. The summed E-state index contributed by atoms with van der Waals surface area (Å²) in [6.07, 6.45) is 1.56. The van der Waals surface area contributed by atoms with Crippen LogP contribution < -0.4 is 10.1 Å². The molecule has 0 aliphatic heterocycles. The van der Waals surface area contributed by atoms with Crippen LogP contribution in [0.3, 0.4) is 0 Å². The van der Waals surface area contributed by atoms with Crippen molar-refractivity contribution in [2.24, 2.45) is 0 Å². The van der Waals surface area contributed by atoms with E-state index in [1.165, 1.54) is 6.20 Å². The Kier molecular flexibility index (Phi) is 5.75. The number of hydrogen-bond donors (Lipinski definition) is 2. The standard InChI is InChI=1S/C19H22N2O4/c1-4-19(18(23)24,15-8-6-5-7-9-15)21-17(22)14-10-11-16(20-12-14)25-13(2)3/h5-13H,4H2,1-3H3,(H,21,22)(H,23,24). The van der Waals surface area contributed by atoms with Crippen molar-refractivity contribution in [3.63, 3.8) is 0 Å². The van der Waals surface area contributed by atoms with Crippen LogP contribution in [-0.4, -0.2) is 28.1 Å². The molecule has 0 spiro atoms. The lowest BCUT2D eigenvalue weighted by Gasteiger charge is -2.30. The summed E-state index contributed by atoms with van der Waals surface area (Å²) < 4.78 is 5.44. The van der Waals surface area contributed by atoms with Crippen molar-refractivity contribution in [2.75, 3.05) is 0 Å². The zero-order chi connectivity index (χ0) is 18.4. The van der Waals surface area contributed by atoms with E-state index in [2.05, 4.69) is 10.3 Å². The highest BCUT2D eigenvalue weighted by molar-refractivity contribution is 5.98. The largest absolute Gasteiger partial charge is 0.479 e. The average molecular weight is 342 g/mol. The molecule has 1 atom stereocenters. The Labute approximate surface area is 146 Å². The van der Waals surface area contributed by atoms with Gasteiger partial charge >= 0.3 is 5.97 Å². The molecule has 0 radical (unpaired) electrons. The SMILES string of the molecule is CCC(NC(=O)c1ccc(OC(C)C)nc1)(C(=O)O)c1ccccc1. The fourth-order valence-electron chi connectivity index (χ4n) is 2.51. The molecular weight excluding hydrogens is 320 g/mol. The van der Waals surface area contributed by atoms with Gasteiger partial charge in [0, 0.05) is 12.3 Å². The lowest BCUT2D eigenvalue weighted by molar-refractivity contribution is -0.145. The maximum Gasteiger partial charge on any atom is 0.334 e. The molecule has 1 amide bonds. The van der Waals surface area contributed by atoms with Gasteiger partial charge in [-0.05, 0) is 31.9 Å². The molecule has 6 heteroatoms. The quantitative estimate of drug-likeness (QED) is 0.807. The summed E-state index contributed by atoms with van der Waals surface area (Å²) in [6, 6.07) is 11.8. The van der Waals surface area contributed by atoms with E-state index in [-0.39, 0.29) is 18.1 Å². The predicted octanol–water partition coefficient (Wildman–Crippen LogP) is 2.99. The number of aliphatic carboxylic acids is 1. The normalized spacial score (nSPS) is 13.1. The summed E-state index contributed by atoms with van der Waals surface area (Å²) in [5, 5.41) is 12.4. The number of carboxylic acid groups (broad SMARTS) is 1. The lowest BCUT2D eigenvalue weighted by atomic mass is 9.87. The van der Waals surface area contributed by atoms with Crippen molar-refractivity contribution in [2.45, 2.75) is 38.8 Å². The van der Waals surface area contributed by atoms with Gasteiger partial charge in [0.15, 0.2) is 5.54 Å². The molecular formula is C19H22N2O4. The highest BCUT2D eigenvalue weighted by Gasteiger charge is 2.40. The number of pyridine rings is 1. The first-order chi connectivity index (χ1) is 11.9. The molecule has 0 aliphatic carbocycles. The minimum atomic E-state index is -1.49. The summed E-state index contributed by atoms with van der Waals surface area (Å²) >= 11 is 0. The van der Waals surface area contributed by atoms with Gasteiger partial charge in [-0.15, -0.1) is 0 Å². The highest BCUT2D eigenvalue weighted by Crippen LogP contribution is 2.26. The van der Waals surface area contributed by atoms with Crippen LogP contribution in [0.4, 0.5) is 0 Å². The van der Waals surface area contributed by atoms with Crippen LogP contribution in [0.25, 0.3) is 0 Å². The maximum absolute atomic E-state index is 12.6. The monoisotopic (exact) mass is 342 g/mol. The van der Waals surface area contributed by atoms with Crippen LogP contribution in [0.15, 0.2) is 48.7 Å². The number of rotatable bonds is 7. The Hall–Kier alpha value is -2.89. The number of ether oxygens (including phenoxy) is 1. The molecule has 6 nitrogen and oxygen atoms in total. The second kappa shape index (κ2) is 7.79. The van der Waals surface area contributed by atoms with Crippen molar-refractivity contribution in [1.82, 2.24) is 10.3 Å². The first-order valence-electron chi connectivity index (χ1n) is 8.13. The molecule has 0 fully saturated rings. The predicted molar refractivity (Wildman–Crippen MR) is 93.5 cm³/mol. The molecule has 25 heavy (non-hydrogen) atoms. The smallest absolute Gasteiger partial charge is 0.334 e. The second-order valence-corrected chi connectivity index (χ2v) is 5.94. The van der Waals surface area contributed by atoms with Crippen LogP contribution in [0, 0.1) is 0 Å². The van der Waals surface area contributed by atoms with Crippen molar-refractivity contribution < 1.29 is 19.4 Å². The Morgan fingerprint density at radius 1 is 1.20 bits per heavy atom. The van der Waals surface area contributed by atoms with Crippen LogP contribution >= 0.6 is 0 Å². The molecule has 0 aliphatic rings. The van der Waals surface area contributed by atoms with Gasteiger partial charge in [-0.2, -0.15) is 0 Å². The maximum atomic E-state index is 12.6. The third-order valence-corrected chi connectivity index (χ3v) is 3.84. The Bertz CT molecular complexity index is 729.